The van der Waals surface area contributed by atoms with E-state index in [2.05, 4.69) is 38.4 Å². The van der Waals surface area contributed by atoms with Gasteiger partial charge in [-0.1, -0.05) is 13.8 Å². The molecular formula is C10H23NOS. The summed E-state index contributed by atoms with van der Waals surface area (Å²) in [6, 6.07) is 0. The zero-order valence-corrected chi connectivity index (χ0v) is 10.2. The number of likely N-dealkylation sites (N-methyl/N-ethyl adjacent to an activating group) is 1. The van der Waals surface area contributed by atoms with E-state index in [0.29, 0.717) is 5.41 Å². The molecule has 0 rings (SSSR count). The predicted octanol–water partition coefficient (Wildman–Crippen LogP) is 1.91. The molecular weight excluding hydrogens is 182 g/mol. The van der Waals surface area contributed by atoms with Crippen molar-refractivity contribution in [2.75, 3.05) is 39.1 Å². The summed E-state index contributed by atoms with van der Waals surface area (Å²) >= 11 is 4.33. The fourth-order valence-electron chi connectivity index (χ4n) is 1.22. The van der Waals surface area contributed by atoms with Crippen molar-refractivity contribution in [3.05, 3.63) is 0 Å². The Labute approximate surface area is 88.1 Å². The molecule has 3 heteroatoms. The van der Waals surface area contributed by atoms with Gasteiger partial charge in [0, 0.05) is 19.7 Å². The fraction of sp³-hybridized carbons (Fsp3) is 1.00. The van der Waals surface area contributed by atoms with E-state index >= 15 is 0 Å². The topological polar surface area (TPSA) is 12.5 Å². The first kappa shape index (κ1) is 13.3. The lowest BCUT2D eigenvalue weighted by atomic mass is 9.96. The molecule has 0 aromatic carbocycles. The molecule has 0 aliphatic carbocycles. The van der Waals surface area contributed by atoms with E-state index in [9.17, 15) is 0 Å². The van der Waals surface area contributed by atoms with E-state index in [4.69, 9.17) is 4.74 Å². The summed E-state index contributed by atoms with van der Waals surface area (Å²) < 4.78 is 5.29. The SMILES string of the molecule is CCOCCN(C)CC(C)(C)CS. The number of hydrogen-bond donors (Lipinski definition) is 1. The molecule has 0 aromatic heterocycles. The third-order valence-electron chi connectivity index (χ3n) is 1.95. The summed E-state index contributed by atoms with van der Waals surface area (Å²) in [5.74, 6) is 0.923. The van der Waals surface area contributed by atoms with Crippen LogP contribution < -0.4 is 0 Å². The van der Waals surface area contributed by atoms with Gasteiger partial charge in [0.2, 0.25) is 0 Å². The van der Waals surface area contributed by atoms with Crippen LogP contribution in [0.15, 0.2) is 0 Å². The van der Waals surface area contributed by atoms with Gasteiger partial charge in [-0.15, -0.1) is 0 Å². The highest BCUT2D eigenvalue weighted by atomic mass is 32.1. The molecule has 0 aliphatic heterocycles. The van der Waals surface area contributed by atoms with Crippen LogP contribution in [0, 0.1) is 5.41 Å². The molecule has 0 radical (unpaired) electrons. The highest BCUT2D eigenvalue weighted by Crippen LogP contribution is 2.17. The normalized spacial score (nSPS) is 12.5. The molecule has 0 aromatic rings. The van der Waals surface area contributed by atoms with Gasteiger partial charge in [-0.2, -0.15) is 12.6 Å². The molecule has 0 spiro atoms. The lowest BCUT2D eigenvalue weighted by Gasteiger charge is -2.28. The molecule has 0 aliphatic rings. The first-order valence-electron chi connectivity index (χ1n) is 4.89. The number of ether oxygens (including phenoxy) is 1. The summed E-state index contributed by atoms with van der Waals surface area (Å²) in [5.41, 5.74) is 0.296. The molecule has 0 atom stereocenters. The van der Waals surface area contributed by atoms with Crippen LogP contribution in [0.25, 0.3) is 0 Å². The summed E-state index contributed by atoms with van der Waals surface area (Å²) in [6.45, 7) is 10.2. The number of nitrogens with zero attached hydrogens (tertiary/aromatic N) is 1. The van der Waals surface area contributed by atoms with Gasteiger partial charge < -0.3 is 9.64 Å². The third-order valence-corrected chi connectivity index (χ3v) is 2.80. The van der Waals surface area contributed by atoms with Gasteiger partial charge in [0.15, 0.2) is 0 Å². The Kier molecular flexibility index (Phi) is 6.82. The molecule has 0 saturated carbocycles. The zero-order chi connectivity index (χ0) is 10.3. The molecule has 0 N–H and O–H groups in total. The van der Waals surface area contributed by atoms with E-state index in [1.807, 2.05) is 6.92 Å². The Morgan fingerprint density at radius 3 is 2.46 bits per heavy atom. The average Bonchev–Trinajstić information content (AvgIpc) is 2.04. The minimum Gasteiger partial charge on any atom is -0.380 e. The third kappa shape index (κ3) is 7.35. The van der Waals surface area contributed by atoms with Crippen LogP contribution in [-0.2, 0) is 4.74 Å². The van der Waals surface area contributed by atoms with Crippen LogP contribution in [0.2, 0.25) is 0 Å². The molecule has 2 nitrogen and oxygen atoms in total. The summed E-state index contributed by atoms with van der Waals surface area (Å²) in [7, 11) is 2.13. The zero-order valence-electron chi connectivity index (χ0n) is 9.34. The van der Waals surface area contributed by atoms with Crippen LogP contribution in [0.5, 0.6) is 0 Å². The highest BCUT2D eigenvalue weighted by Gasteiger charge is 2.17. The second kappa shape index (κ2) is 6.68. The van der Waals surface area contributed by atoms with Gasteiger partial charge in [0.1, 0.15) is 0 Å². The van der Waals surface area contributed by atoms with Crippen LogP contribution in [0.1, 0.15) is 20.8 Å². The minimum absolute atomic E-state index is 0.296. The molecule has 0 amide bonds. The van der Waals surface area contributed by atoms with E-state index in [1.165, 1.54) is 0 Å². The van der Waals surface area contributed by atoms with Crippen molar-refractivity contribution in [3.8, 4) is 0 Å². The highest BCUT2D eigenvalue weighted by molar-refractivity contribution is 7.80. The van der Waals surface area contributed by atoms with Gasteiger partial charge in [-0.25, -0.2) is 0 Å². The van der Waals surface area contributed by atoms with Crippen LogP contribution in [0.3, 0.4) is 0 Å². The van der Waals surface area contributed by atoms with Gasteiger partial charge in [-0.3, -0.25) is 0 Å². The lowest BCUT2D eigenvalue weighted by molar-refractivity contribution is 0.111. The first-order valence-corrected chi connectivity index (χ1v) is 5.52. The summed E-state index contributed by atoms with van der Waals surface area (Å²) in [4.78, 5) is 2.30. The van der Waals surface area contributed by atoms with Crippen molar-refractivity contribution in [1.29, 1.82) is 0 Å². The Morgan fingerprint density at radius 2 is 2.00 bits per heavy atom. The summed E-state index contributed by atoms with van der Waals surface area (Å²) in [5, 5.41) is 0. The van der Waals surface area contributed by atoms with Crippen molar-refractivity contribution in [3.63, 3.8) is 0 Å². The number of hydrogen-bond acceptors (Lipinski definition) is 3. The maximum absolute atomic E-state index is 5.29. The minimum atomic E-state index is 0.296. The molecule has 80 valence electrons. The largest absolute Gasteiger partial charge is 0.380 e. The van der Waals surface area contributed by atoms with Crippen molar-refractivity contribution < 1.29 is 4.74 Å². The van der Waals surface area contributed by atoms with Gasteiger partial charge in [0.25, 0.3) is 0 Å². The molecule has 0 unspecified atom stereocenters. The van der Waals surface area contributed by atoms with E-state index < -0.39 is 0 Å². The van der Waals surface area contributed by atoms with Gasteiger partial charge >= 0.3 is 0 Å². The molecule has 0 heterocycles. The van der Waals surface area contributed by atoms with Gasteiger partial charge in [0.05, 0.1) is 6.61 Å². The van der Waals surface area contributed by atoms with Crippen molar-refractivity contribution >= 4 is 12.6 Å². The standard InChI is InChI=1S/C10H23NOS/c1-5-12-7-6-11(4)8-10(2,3)9-13/h13H,5-9H2,1-4H3. The van der Waals surface area contributed by atoms with Crippen LogP contribution in [0.4, 0.5) is 0 Å². The second-order valence-corrected chi connectivity index (χ2v) is 4.57. The van der Waals surface area contributed by atoms with E-state index in [0.717, 1.165) is 32.1 Å². The number of thiol groups is 1. The van der Waals surface area contributed by atoms with Crippen LogP contribution >= 0.6 is 12.6 Å². The quantitative estimate of drug-likeness (QED) is 0.503. The van der Waals surface area contributed by atoms with Crippen molar-refractivity contribution in [2.24, 2.45) is 5.41 Å². The average molecular weight is 205 g/mol. The molecule has 0 fully saturated rings. The predicted molar refractivity (Wildman–Crippen MR) is 61.6 cm³/mol. The van der Waals surface area contributed by atoms with Gasteiger partial charge in [-0.05, 0) is 25.1 Å². The van der Waals surface area contributed by atoms with Crippen molar-refractivity contribution in [1.82, 2.24) is 4.90 Å². The maximum Gasteiger partial charge on any atom is 0.0593 e. The first-order chi connectivity index (χ1) is 6.02. The maximum atomic E-state index is 5.29. The Hall–Kier alpha value is 0.270. The second-order valence-electron chi connectivity index (χ2n) is 4.26. The Morgan fingerprint density at radius 1 is 1.38 bits per heavy atom. The van der Waals surface area contributed by atoms with E-state index in [1.54, 1.807) is 0 Å². The monoisotopic (exact) mass is 205 g/mol. The fourth-order valence-corrected chi connectivity index (χ4v) is 1.32. The summed E-state index contributed by atoms with van der Waals surface area (Å²) in [6.07, 6.45) is 0. The Balaban J connectivity index is 3.55. The van der Waals surface area contributed by atoms with E-state index in [-0.39, 0.29) is 0 Å². The smallest absolute Gasteiger partial charge is 0.0593 e. The molecule has 0 bridgehead atoms. The van der Waals surface area contributed by atoms with Crippen molar-refractivity contribution in [2.45, 2.75) is 20.8 Å². The molecule has 0 saturated heterocycles. The lowest BCUT2D eigenvalue weighted by Crippen LogP contribution is -2.34. The van der Waals surface area contributed by atoms with Crippen LogP contribution in [-0.4, -0.2) is 44.0 Å². The molecule has 13 heavy (non-hydrogen) atoms. The Bertz CT molecular complexity index is 128. The number of rotatable bonds is 7.